The maximum atomic E-state index is 14.9. The van der Waals surface area contributed by atoms with E-state index in [4.69, 9.17) is 31.0 Å². The number of methoxy groups -OCH3 is 1. The van der Waals surface area contributed by atoms with Crippen molar-refractivity contribution < 1.29 is 13.9 Å². The molecule has 1 aromatic carbocycles. The van der Waals surface area contributed by atoms with Gasteiger partial charge in [-0.1, -0.05) is 11.6 Å². The number of halogens is 2. The summed E-state index contributed by atoms with van der Waals surface area (Å²) in [5.74, 6) is 0.146. The van der Waals surface area contributed by atoms with E-state index in [1.165, 1.54) is 6.07 Å². The Kier molecular flexibility index (Phi) is 6.24. The van der Waals surface area contributed by atoms with Crippen LogP contribution in [0.2, 0.25) is 5.02 Å². The van der Waals surface area contributed by atoms with E-state index in [0.29, 0.717) is 53.0 Å². The van der Waals surface area contributed by atoms with Crippen molar-refractivity contribution in [2.75, 3.05) is 13.7 Å². The Morgan fingerprint density at radius 2 is 2.00 bits per heavy atom. The normalized spacial score (nSPS) is 18.5. The molecule has 4 heterocycles. The molecule has 0 spiro atoms. The molecule has 0 amide bonds. The third-order valence-corrected chi connectivity index (χ3v) is 6.32. The Bertz CT molecular complexity index is 1360. The minimum absolute atomic E-state index is 0.00597. The molecule has 3 aromatic heterocycles. The lowest BCUT2D eigenvalue weighted by Gasteiger charge is -2.28. The fourth-order valence-electron chi connectivity index (χ4n) is 4.19. The number of fused-ring (bicyclic) bond motifs is 1. The Morgan fingerprint density at radius 3 is 2.79 bits per heavy atom. The number of benzene rings is 1. The van der Waals surface area contributed by atoms with E-state index in [1.54, 1.807) is 30.1 Å². The lowest BCUT2D eigenvalue weighted by molar-refractivity contribution is 0.00384. The van der Waals surface area contributed by atoms with Gasteiger partial charge in [-0.05, 0) is 44.9 Å². The zero-order chi connectivity index (χ0) is 23.8. The van der Waals surface area contributed by atoms with Crippen LogP contribution in [0.3, 0.4) is 0 Å². The molecule has 2 atom stereocenters. The fourth-order valence-corrected chi connectivity index (χ4v) is 4.35. The van der Waals surface area contributed by atoms with Crippen LogP contribution in [-0.2, 0) is 16.2 Å². The smallest absolute Gasteiger partial charge is 0.182 e. The Labute approximate surface area is 201 Å². The molecule has 8 nitrogen and oxygen atoms in total. The molecule has 0 aliphatic carbocycles. The van der Waals surface area contributed by atoms with Crippen molar-refractivity contribution in [3.8, 4) is 11.3 Å². The molecule has 176 valence electrons. The highest BCUT2D eigenvalue weighted by Crippen LogP contribution is 2.38. The number of ether oxygens (including phenoxy) is 2. The molecule has 0 radical (unpaired) electrons. The van der Waals surface area contributed by atoms with Gasteiger partial charge in [-0.3, -0.25) is 0 Å². The van der Waals surface area contributed by atoms with Crippen molar-refractivity contribution in [2.24, 2.45) is 0 Å². The summed E-state index contributed by atoms with van der Waals surface area (Å²) < 4.78 is 27.8. The van der Waals surface area contributed by atoms with Gasteiger partial charge >= 0.3 is 0 Å². The molecule has 10 heteroatoms. The van der Waals surface area contributed by atoms with Crippen LogP contribution in [0.1, 0.15) is 47.6 Å². The molecule has 1 saturated heterocycles. The highest BCUT2D eigenvalue weighted by Gasteiger charge is 2.29. The average Bonchev–Trinajstić information content (AvgIpc) is 3.29. The largest absolute Gasteiger partial charge is 0.373 e. The summed E-state index contributed by atoms with van der Waals surface area (Å²) >= 11 is 5.99. The van der Waals surface area contributed by atoms with Crippen molar-refractivity contribution in [1.82, 2.24) is 29.7 Å². The van der Waals surface area contributed by atoms with Gasteiger partial charge < -0.3 is 9.47 Å². The summed E-state index contributed by atoms with van der Waals surface area (Å²) in [6.45, 7) is 4.67. The van der Waals surface area contributed by atoms with E-state index in [0.717, 1.165) is 23.4 Å². The quantitative estimate of drug-likeness (QED) is 0.398. The maximum absolute atomic E-state index is 14.9. The zero-order valence-electron chi connectivity index (χ0n) is 19.1. The molecule has 0 N–H and O–H groups in total. The number of rotatable bonds is 5. The number of hydrogen-bond donors (Lipinski definition) is 0. The molecule has 1 aliphatic rings. The highest BCUT2D eigenvalue weighted by atomic mass is 35.5. The van der Waals surface area contributed by atoms with Crippen LogP contribution in [0.5, 0.6) is 0 Å². The van der Waals surface area contributed by atoms with Crippen LogP contribution in [0.4, 0.5) is 4.39 Å². The van der Waals surface area contributed by atoms with Crippen molar-refractivity contribution in [3.05, 3.63) is 64.2 Å². The van der Waals surface area contributed by atoms with Crippen LogP contribution in [0, 0.1) is 19.7 Å². The molecule has 0 saturated carbocycles. The minimum atomic E-state index is -0.464. The lowest BCUT2D eigenvalue weighted by atomic mass is 9.92. The summed E-state index contributed by atoms with van der Waals surface area (Å²) in [6, 6.07) is 4.54. The minimum Gasteiger partial charge on any atom is -0.373 e. The first-order valence-corrected chi connectivity index (χ1v) is 11.4. The Hall–Kier alpha value is -3.01. The molecular formula is C24H24ClFN6O2. The van der Waals surface area contributed by atoms with Crippen LogP contribution < -0.4 is 0 Å². The van der Waals surface area contributed by atoms with Gasteiger partial charge in [0, 0.05) is 42.0 Å². The zero-order valence-corrected chi connectivity index (χ0v) is 19.9. The second kappa shape index (κ2) is 9.32. The van der Waals surface area contributed by atoms with E-state index >= 15 is 0 Å². The predicted molar refractivity (Wildman–Crippen MR) is 125 cm³/mol. The van der Waals surface area contributed by atoms with Crippen molar-refractivity contribution in [3.63, 3.8) is 0 Å². The van der Waals surface area contributed by atoms with E-state index < -0.39 is 5.82 Å². The monoisotopic (exact) mass is 482 g/mol. The van der Waals surface area contributed by atoms with Gasteiger partial charge in [0.1, 0.15) is 29.6 Å². The summed E-state index contributed by atoms with van der Waals surface area (Å²) in [4.78, 5) is 18.9. The van der Waals surface area contributed by atoms with Gasteiger partial charge in [0.15, 0.2) is 5.65 Å². The molecular weight excluding hydrogens is 459 g/mol. The van der Waals surface area contributed by atoms with Crippen LogP contribution in [-0.4, -0.2) is 43.4 Å². The topological polar surface area (TPSA) is 87.8 Å². The van der Waals surface area contributed by atoms with E-state index in [1.807, 2.05) is 20.0 Å². The molecule has 34 heavy (non-hydrogen) atoms. The second-order valence-electron chi connectivity index (χ2n) is 8.43. The molecule has 4 aromatic rings. The fraction of sp³-hybridized carbons (Fsp3) is 0.375. The van der Waals surface area contributed by atoms with E-state index in [-0.39, 0.29) is 12.0 Å². The van der Waals surface area contributed by atoms with E-state index in [2.05, 4.69) is 15.1 Å². The van der Waals surface area contributed by atoms with Gasteiger partial charge in [0.2, 0.25) is 0 Å². The number of aryl methyl sites for hydroxylation is 2. The van der Waals surface area contributed by atoms with Crippen LogP contribution in [0.25, 0.3) is 22.4 Å². The van der Waals surface area contributed by atoms with Gasteiger partial charge in [0.05, 0.1) is 23.7 Å². The van der Waals surface area contributed by atoms with E-state index in [9.17, 15) is 4.39 Å². The first kappa shape index (κ1) is 22.8. The SMILES string of the molecule is COCn1cc([C@H]2C[C@H](c3nc(-c4ccc(Cl)cc4F)c4nc(C)c(C)nc4n3)CCO2)cn1. The maximum Gasteiger partial charge on any atom is 0.182 e. The van der Waals surface area contributed by atoms with Gasteiger partial charge in [-0.25, -0.2) is 29.0 Å². The number of nitrogens with zero attached hydrogens (tertiary/aromatic N) is 6. The van der Waals surface area contributed by atoms with Gasteiger partial charge in [-0.2, -0.15) is 5.10 Å². The molecule has 1 fully saturated rings. The molecule has 0 unspecified atom stereocenters. The first-order chi connectivity index (χ1) is 16.4. The first-order valence-electron chi connectivity index (χ1n) is 11.0. The molecule has 0 bridgehead atoms. The number of aromatic nitrogens is 6. The average molecular weight is 483 g/mol. The van der Waals surface area contributed by atoms with Crippen LogP contribution >= 0.6 is 11.6 Å². The van der Waals surface area contributed by atoms with Crippen molar-refractivity contribution in [2.45, 2.75) is 45.4 Å². The standard InChI is InChI=1S/C24H24ClFN6O2/c1-13-14(2)29-24-22(28-13)21(18-5-4-17(25)9-19(18)26)30-23(31-24)15-6-7-34-20(8-15)16-10-27-32(11-16)12-33-3/h4-5,9-11,15,20H,6-8,12H2,1-3H3/t15-,20-/m1/s1. The van der Waals surface area contributed by atoms with Crippen molar-refractivity contribution >= 4 is 22.8 Å². The summed E-state index contributed by atoms with van der Waals surface area (Å²) in [7, 11) is 1.62. The second-order valence-corrected chi connectivity index (χ2v) is 8.87. The van der Waals surface area contributed by atoms with Crippen LogP contribution in [0.15, 0.2) is 30.6 Å². The summed E-state index contributed by atoms with van der Waals surface area (Å²) in [5.41, 5.74) is 4.15. The third kappa shape index (κ3) is 4.38. The predicted octanol–water partition coefficient (Wildman–Crippen LogP) is 4.93. The Morgan fingerprint density at radius 1 is 1.18 bits per heavy atom. The Balaban J connectivity index is 1.57. The molecule has 1 aliphatic heterocycles. The molecule has 5 rings (SSSR count). The van der Waals surface area contributed by atoms with Crippen molar-refractivity contribution in [1.29, 1.82) is 0 Å². The third-order valence-electron chi connectivity index (χ3n) is 6.08. The number of hydrogen-bond acceptors (Lipinski definition) is 7. The van der Waals surface area contributed by atoms with Gasteiger partial charge in [-0.15, -0.1) is 0 Å². The summed E-state index contributed by atoms with van der Waals surface area (Å²) in [6.07, 6.45) is 4.98. The summed E-state index contributed by atoms with van der Waals surface area (Å²) in [5, 5.41) is 4.64. The lowest BCUT2D eigenvalue weighted by Crippen LogP contribution is -2.20. The highest BCUT2D eigenvalue weighted by molar-refractivity contribution is 6.30. The van der Waals surface area contributed by atoms with Gasteiger partial charge in [0.25, 0.3) is 0 Å².